The molecule has 0 unspecified atom stereocenters. The third-order valence-corrected chi connectivity index (χ3v) is 4.24. The standard InChI is InChI=1S/C19H19BrFNO2/c1-2-13-3-5-14(6-4-13)18(23)9-10-19(24)22-12-15-11-16(20)7-8-17(15)21/h3-8,11H,2,9-10,12H2,1H3,(H,22,24). The van der Waals surface area contributed by atoms with Crippen molar-refractivity contribution in [3.05, 3.63) is 69.4 Å². The summed E-state index contributed by atoms with van der Waals surface area (Å²) in [6.45, 7) is 2.15. The predicted octanol–water partition coefficient (Wildman–Crippen LogP) is 4.43. The maximum absolute atomic E-state index is 13.6. The summed E-state index contributed by atoms with van der Waals surface area (Å²) in [5.74, 6) is -0.708. The normalized spacial score (nSPS) is 10.5. The van der Waals surface area contributed by atoms with Gasteiger partial charge in [-0.05, 0) is 30.2 Å². The molecule has 0 spiro atoms. The van der Waals surface area contributed by atoms with Gasteiger partial charge < -0.3 is 5.32 Å². The van der Waals surface area contributed by atoms with Gasteiger partial charge in [-0.2, -0.15) is 0 Å². The number of nitrogens with one attached hydrogen (secondary N) is 1. The molecule has 0 aliphatic rings. The van der Waals surface area contributed by atoms with Crippen molar-refractivity contribution in [2.45, 2.75) is 32.7 Å². The number of halogens is 2. The Hall–Kier alpha value is -2.01. The Morgan fingerprint density at radius 2 is 1.79 bits per heavy atom. The molecule has 0 saturated heterocycles. The minimum atomic E-state index is -0.370. The highest BCUT2D eigenvalue weighted by atomic mass is 79.9. The number of hydrogen-bond donors (Lipinski definition) is 1. The Labute approximate surface area is 149 Å². The van der Waals surface area contributed by atoms with Crippen molar-refractivity contribution in [3.63, 3.8) is 0 Å². The number of amides is 1. The van der Waals surface area contributed by atoms with Crippen LogP contribution in [0.15, 0.2) is 46.9 Å². The summed E-state index contributed by atoms with van der Waals surface area (Å²) < 4.78 is 14.3. The molecule has 0 bridgehead atoms. The summed E-state index contributed by atoms with van der Waals surface area (Å²) in [7, 11) is 0. The SMILES string of the molecule is CCc1ccc(C(=O)CCC(=O)NCc2cc(Br)ccc2F)cc1. The molecular formula is C19H19BrFNO2. The Morgan fingerprint density at radius 3 is 2.46 bits per heavy atom. The highest BCUT2D eigenvalue weighted by Gasteiger charge is 2.10. The summed E-state index contributed by atoms with van der Waals surface area (Å²) in [4.78, 5) is 23.9. The zero-order valence-corrected chi connectivity index (χ0v) is 15.0. The minimum Gasteiger partial charge on any atom is -0.352 e. The van der Waals surface area contributed by atoms with Gasteiger partial charge in [0.15, 0.2) is 5.78 Å². The molecule has 0 radical (unpaired) electrons. The van der Waals surface area contributed by atoms with E-state index in [1.54, 1.807) is 24.3 Å². The first-order chi connectivity index (χ1) is 11.5. The fourth-order valence-corrected chi connectivity index (χ4v) is 2.67. The van der Waals surface area contributed by atoms with Crippen LogP contribution >= 0.6 is 15.9 Å². The summed E-state index contributed by atoms with van der Waals surface area (Å²) in [6, 6.07) is 12.0. The zero-order chi connectivity index (χ0) is 17.5. The fourth-order valence-electron chi connectivity index (χ4n) is 2.26. The molecule has 0 aliphatic heterocycles. The molecule has 2 aromatic carbocycles. The van der Waals surface area contributed by atoms with E-state index in [0.717, 1.165) is 10.9 Å². The van der Waals surface area contributed by atoms with Crippen LogP contribution in [-0.4, -0.2) is 11.7 Å². The van der Waals surface area contributed by atoms with E-state index in [1.807, 2.05) is 12.1 Å². The Kier molecular flexibility index (Phi) is 6.67. The van der Waals surface area contributed by atoms with Gasteiger partial charge in [0, 0.05) is 35.0 Å². The summed E-state index contributed by atoms with van der Waals surface area (Å²) >= 11 is 3.27. The predicted molar refractivity (Wildman–Crippen MR) is 95.3 cm³/mol. The van der Waals surface area contributed by atoms with Crippen LogP contribution in [0.25, 0.3) is 0 Å². The van der Waals surface area contributed by atoms with E-state index < -0.39 is 0 Å². The van der Waals surface area contributed by atoms with Gasteiger partial charge in [0.05, 0.1) is 0 Å². The van der Waals surface area contributed by atoms with Crippen LogP contribution in [0.4, 0.5) is 4.39 Å². The maximum atomic E-state index is 13.6. The molecule has 3 nitrogen and oxygen atoms in total. The molecule has 0 atom stereocenters. The lowest BCUT2D eigenvalue weighted by atomic mass is 10.0. The van der Waals surface area contributed by atoms with E-state index in [9.17, 15) is 14.0 Å². The first-order valence-corrected chi connectivity index (χ1v) is 8.61. The average Bonchev–Trinajstić information content (AvgIpc) is 2.60. The van der Waals surface area contributed by atoms with E-state index in [0.29, 0.717) is 11.1 Å². The second-order valence-corrected chi connectivity index (χ2v) is 6.40. The first kappa shape index (κ1) is 18.3. The quantitative estimate of drug-likeness (QED) is 0.709. The largest absolute Gasteiger partial charge is 0.352 e. The van der Waals surface area contributed by atoms with Gasteiger partial charge >= 0.3 is 0 Å². The molecule has 0 fully saturated rings. The molecule has 24 heavy (non-hydrogen) atoms. The van der Waals surface area contributed by atoms with Gasteiger partial charge in [-0.15, -0.1) is 0 Å². The topological polar surface area (TPSA) is 46.2 Å². The fraction of sp³-hybridized carbons (Fsp3) is 0.263. The first-order valence-electron chi connectivity index (χ1n) is 7.82. The third kappa shape index (κ3) is 5.27. The zero-order valence-electron chi connectivity index (χ0n) is 13.4. The number of benzene rings is 2. The highest BCUT2D eigenvalue weighted by molar-refractivity contribution is 9.10. The van der Waals surface area contributed by atoms with Crippen molar-refractivity contribution >= 4 is 27.6 Å². The summed E-state index contributed by atoms with van der Waals surface area (Å²) in [6.07, 6.45) is 1.14. The molecule has 126 valence electrons. The molecule has 0 aliphatic carbocycles. The van der Waals surface area contributed by atoms with Crippen LogP contribution in [0, 0.1) is 5.82 Å². The van der Waals surface area contributed by atoms with E-state index in [1.165, 1.54) is 11.6 Å². The monoisotopic (exact) mass is 391 g/mol. The lowest BCUT2D eigenvalue weighted by molar-refractivity contribution is -0.121. The van der Waals surface area contributed by atoms with Crippen molar-refractivity contribution < 1.29 is 14.0 Å². The van der Waals surface area contributed by atoms with Gasteiger partial charge in [-0.3, -0.25) is 9.59 Å². The molecule has 5 heteroatoms. The van der Waals surface area contributed by atoms with Crippen molar-refractivity contribution in [2.24, 2.45) is 0 Å². The number of hydrogen-bond acceptors (Lipinski definition) is 2. The van der Waals surface area contributed by atoms with Crippen LogP contribution < -0.4 is 5.32 Å². The van der Waals surface area contributed by atoms with Gasteiger partial charge in [0.2, 0.25) is 5.91 Å². The molecule has 1 N–H and O–H groups in total. The average molecular weight is 392 g/mol. The van der Waals surface area contributed by atoms with Gasteiger partial charge in [0.25, 0.3) is 0 Å². The number of carbonyl (C=O) groups is 2. The highest BCUT2D eigenvalue weighted by Crippen LogP contribution is 2.15. The summed E-state index contributed by atoms with van der Waals surface area (Å²) in [5.41, 5.74) is 2.18. The van der Waals surface area contributed by atoms with Crippen molar-refractivity contribution in [3.8, 4) is 0 Å². The van der Waals surface area contributed by atoms with E-state index in [2.05, 4.69) is 28.2 Å². The maximum Gasteiger partial charge on any atom is 0.220 e. The van der Waals surface area contributed by atoms with E-state index >= 15 is 0 Å². The van der Waals surface area contributed by atoms with Crippen LogP contribution in [0.3, 0.4) is 0 Å². The molecule has 0 aromatic heterocycles. The van der Waals surface area contributed by atoms with Crippen LogP contribution in [0.1, 0.15) is 41.3 Å². The van der Waals surface area contributed by atoms with Crippen LogP contribution in [-0.2, 0) is 17.8 Å². The Morgan fingerprint density at radius 1 is 1.08 bits per heavy atom. The lowest BCUT2D eigenvalue weighted by Crippen LogP contribution is -2.23. The Balaban J connectivity index is 1.82. The second kappa shape index (κ2) is 8.73. The number of Topliss-reactive ketones (excluding diaryl/α,β-unsaturated/α-hetero) is 1. The smallest absolute Gasteiger partial charge is 0.220 e. The third-order valence-electron chi connectivity index (χ3n) is 3.75. The van der Waals surface area contributed by atoms with Gasteiger partial charge in [-0.1, -0.05) is 47.1 Å². The number of ketones is 1. The summed E-state index contributed by atoms with van der Waals surface area (Å²) in [5, 5.41) is 2.64. The molecule has 0 saturated carbocycles. The lowest BCUT2D eigenvalue weighted by Gasteiger charge is -2.07. The van der Waals surface area contributed by atoms with Crippen molar-refractivity contribution in [2.75, 3.05) is 0 Å². The Bertz CT molecular complexity index is 729. The van der Waals surface area contributed by atoms with E-state index in [-0.39, 0.29) is 36.9 Å². The van der Waals surface area contributed by atoms with Crippen LogP contribution in [0.2, 0.25) is 0 Å². The number of aryl methyl sites for hydroxylation is 1. The number of rotatable bonds is 7. The van der Waals surface area contributed by atoms with E-state index in [4.69, 9.17) is 0 Å². The molecule has 1 amide bonds. The minimum absolute atomic E-state index is 0.0681. The molecule has 2 aromatic rings. The molecular weight excluding hydrogens is 373 g/mol. The van der Waals surface area contributed by atoms with Gasteiger partial charge in [-0.25, -0.2) is 4.39 Å². The van der Waals surface area contributed by atoms with Crippen molar-refractivity contribution in [1.29, 1.82) is 0 Å². The second-order valence-electron chi connectivity index (χ2n) is 5.49. The van der Waals surface area contributed by atoms with Crippen molar-refractivity contribution in [1.82, 2.24) is 5.32 Å². The van der Waals surface area contributed by atoms with Crippen LogP contribution in [0.5, 0.6) is 0 Å². The van der Waals surface area contributed by atoms with Gasteiger partial charge in [0.1, 0.15) is 5.82 Å². The molecule has 2 rings (SSSR count). The molecule has 0 heterocycles. The number of carbonyl (C=O) groups excluding carboxylic acids is 2.